The van der Waals surface area contributed by atoms with Crippen LogP contribution in [0.2, 0.25) is 0 Å². The lowest BCUT2D eigenvalue weighted by Crippen LogP contribution is -2.45. The van der Waals surface area contributed by atoms with Crippen molar-refractivity contribution in [3.05, 3.63) is 24.3 Å². The summed E-state index contributed by atoms with van der Waals surface area (Å²) in [4.78, 5) is 13.7. The lowest BCUT2D eigenvalue weighted by molar-refractivity contribution is -0.138. The van der Waals surface area contributed by atoms with Gasteiger partial charge in [0.05, 0.1) is 7.11 Å². The first-order valence-electron chi connectivity index (χ1n) is 6.27. The van der Waals surface area contributed by atoms with Gasteiger partial charge in [-0.25, -0.2) is 0 Å². The lowest BCUT2D eigenvalue weighted by Gasteiger charge is -2.26. The first-order chi connectivity index (χ1) is 8.99. The second kappa shape index (κ2) is 6.99. The highest BCUT2D eigenvalue weighted by Crippen LogP contribution is 2.18. The highest BCUT2D eigenvalue weighted by molar-refractivity contribution is 5.80. The molecule has 1 aromatic rings. The van der Waals surface area contributed by atoms with E-state index in [1.165, 1.54) is 0 Å². The van der Waals surface area contributed by atoms with E-state index in [9.17, 15) is 4.79 Å². The normalized spacial score (nSPS) is 13.5. The molecule has 0 fully saturated rings. The van der Waals surface area contributed by atoms with Crippen molar-refractivity contribution in [2.45, 2.75) is 26.0 Å². The maximum Gasteiger partial charge on any atom is 0.263 e. The van der Waals surface area contributed by atoms with E-state index in [1.807, 2.05) is 6.92 Å². The van der Waals surface area contributed by atoms with Crippen LogP contribution in [0.15, 0.2) is 24.3 Å². The Morgan fingerprint density at radius 3 is 2.26 bits per heavy atom. The van der Waals surface area contributed by atoms with Crippen LogP contribution in [-0.4, -0.2) is 43.7 Å². The SMILES string of the molecule is COc1ccc(OC(C)C(=O)N(C)C(C)CN)cc1. The molecular weight excluding hydrogens is 244 g/mol. The predicted octanol–water partition coefficient (Wildman–Crippen LogP) is 1.27. The summed E-state index contributed by atoms with van der Waals surface area (Å²) in [5.41, 5.74) is 5.55. The van der Waals surface area contributed by atoms with Gasteiger partial charge in [0.25, 0.3) is 5.91 Å². The zero-order valence-corrected chi connectivity index (χ0v) is 11.9. The Morgan fingerprint density at radius 1 is 1.26 bits per heavy atom. The number of nitrogens with two attached hydrogens (primary N) is 1. The number of rotatable bonds is 6. The van der Waals surface area contributed by atoms with Gasteiger partial charge in [0, 0.05) is 19.6 Å². The molecule has 1 rings (SSSR count). The number of likely N-dealkylation sites (N-methyl/N-ethyl adjacent to an activating group) is 1. The third-order valence-electron chi connectivity index (χ3n) is 3.07. The number of hydrogen-bond acceptors (Lipinski definition) is 4. The van der Waals surface area contributed by atoms with Crippen LogP contribution in [0, 0.1) is 0 Å². The molecule has 1 amide bonds. The summed E-state index contributed by atoms with van der Waals surface area (Å²) in [5, 5.41) is 0. The van der Waals surface area contributed by atoms with Crippen LogP contribution < -0.4 is 15.2 Å². The van der Waals surface area contributed by atoms with Crippen molar-refractivity contribution in [3.63, 3.8) is 0 Å². The molecule has 0 spiro atoms. The van der Waals surface area contributed by atoms with Crippen molar-refractivity contribution in [1.82, 2.24) is 4.90 Å². The second-order valence-corrected chi connectivity index (χ2v) is 4.47. The molecule has 0 bridgehead atoms. The number of amides is 1. The van der Waals surface area contributed by atoms with Gasteiger partial charge < -0.3 is 20.1 Å². The van der Waals surface area contributed by atoms with Gasteiger partial charge in [0.1, 0.15) is 11.5 Å². The quantitative estimate of drug-likeness (QED) is 0.842. The molecule has 0 heterocycles. The number of nitrogens with zero attached hydrogens (tertiary/aromatic N) is 1. The Bertz CT molecular complexity index is 406. The molecule has 0 saturated heterocycles. The van der Waals surface area contributed by atoms with Crippen molar-refractivity contribution in [1.29, 1.82) is 0 Å². The van der Waals surface area contributed by atoms with Crippen molar-refractivity contribution >= 4 is 5.91 Å². The van der Waals surface area contributed by atoms with Crippen LogP contribution in [0.1, 0.15) is 13.8 Å². The van der Waals surface area contributed by atoms with E-state index >= 15 is 0 Å². The zero-order valence-electron chi connectivity index (χ0n) is 11.9. The molecule has 2 N–H and O–H groups in total. The van der Waals surface area contributed by atoms with Crippen molar-refractivity contribution < 1.29 is 14.3 Å². The number of benzene rings is 1. The van der Waals surface area contributed by atoms with Crippen LogP contribution in [0.25, 0.3) is 0 Å². The number of hydrogen-bond donors (Lipinski definition) is 1. The van der Waals surface area contributed by atoms with Crippen LogP contribution in [0.4, 0.5) is 0 Å². The topological polar surface area (TPSA) is 64.8 Å². The highest BCUT2D eigenvalue weighted by Gasteiger charge is 2.22. The van der Waals surface area contributed by atoms with Crippen molar-refractivity contribution in [2.24, 2.45) is 5.73 Å². The van der Waals surface area contributed by atoms with Gasteiger partial charge in [-0.2, -0.15) is 0 Å². The maximum atomic E-state index is 12.1. The first-order valence-corrected chi connectivity index (χ1v) is 6.27. The molecule has 0 aliphatic carbocycles. The minimum atomic E-state index is -0.549. The molecule has 19 heavy (non-hydrogen) atoms. The van der Waals surface area contributed by atoms with Crippen LogP contribution >= 0.6 is 0 Å². The van der Waals surface area contributed by atoms with E-state index in [1.54, 1.807) is 50.2 Å². The fourth-order valence-corrected chi connectivity index (χ4v) is 1.57. The molecule has 106 valence electrons. The van der Waals surface area contributed by atoms with E-state index in [0.717, 1.165) is 5.75 Å². The highest BCUT2D eigenvalue weighted by atomic mass is 16.5. The molecule has 0 aliphatic heterocycles. The summed E-state index contributed by atoms with van der Waals surface area (Å²) in [5.74, 6) is 1.30. The molecule has 0 radical (unpaired) electrons. The van der Waals surface area contributed by atoms with E-state index in [2.05, 4.69) is 0 Å². The van der Waals surface area contributed by atoms with E-state index in [-0.39, 0.29) is 11.9 Å². The molecule has 2 unspecified atom stereocenters. The Morgan fingerprint density at radius 2 is 1.79 bits per heavy atom. The lowest BCUT2D eigenvalue weighted by atomic mass is 10.2. The van der Waals surface area contributed by atoms with Gasteiger partial charge in [0.2, 0.25) is 0 Å². The molecule has 5 heteroatoms. The third kappa shape index (κ3) is 4.13. The summed E-state index contributed by atoms with van der Waals surface area (Å²) in [7, 11) is 3.33. The van der Waals surface area contributed by atoms with Gasteiger partial charge in [-0.3, -0.25) is 4.79 Å². The Balaban J connectivity index is 2.62. The zero-order chi connectivity index (χ0) is 14.4. The van der Waals surface area contributed by atoms with Gasteiger partial charge in [-0.05, 0) is 38.1 Å². The number of ether oxygens (including phenoxy) is 2. The minimum absolute atomic E-state index is 0.00517. The second-order valence-electron chi connectivity index (χ2n) is 4.47. The van der Waals surface area contributed by atoms with Crippen molar-refractivity contribution in [3.8, 4) is 11.5 Å². The Kier molecular flexibility index (Phi) is 5.63. The Hall–Kier alpha value is -1.75. The molecule has 5 nitrogen and oxygen atoms in total. The smallest absolute Gasteiger partial charge is 0.263 e. The van der Waals surface area contributed by atoms with Gasteiger partial charge in [-0.1, -0.05) is 0 Å². The molecule has 2 atom stereocenters. The first kappa shape index (κ1) is 15.3. The fourth-order valence-electron chi connectivity index (χ4n) is 1.57. The summed E-state index contributed by atoms with van der Waals surface area (Å²) in [6, 6.07) is 7.12. The van der Waals surface area contributed by atoms with E-state index < -0.39 is 6.10 Å². The average Bonchev–Trinajstić information content (AvgIpc) is 2.45. The largest absolute Gasteiger partial charge is 0.497 e. The predicted molar refractivity (Wildman–Crippen MR) is 74.4 cm³/mol. The van der Waals surface area contributed by atoms with Crippen molar-refractivity contribution in [2.75, 3.05) is 20.7 Å². The number of methoxy groups -OCH3 is 1. The van der Waals surface area contributed by atoms with Gasteiger partial charge in [-0.15, -0.1) is 0 Å². The van der Waals surface area contributed by atoms with Gasteiger partial charge >= 0.3 is 0 Å². The van der Waals surface area contributed by atoms with Crippen LogP contribution in [-0.2, 0) is 4.79 Å². The maximum absolute atomic E-state index is 12.1. The fraction of sp³-hybridized carbons (Fsp3) is 0.500. The molecule has 0 aromatic heterocycles. The Labute approximate surface area is 114 Å². The van der Waals surface area contributed by atoms with E-state index in [4.69, 9.17) is 15.2 Å². The van der Waals surface area contributed by atoms with Crippen LogP contribution in [0.3, 0.4) is 0 Å². The molecule has 1 aromatic carbocycles. The monoisotopic (exact) mass is 266 g/mol. The summed E-state index contributed by atoms with van der Waals surface area (Å²) in [6.07, 6.45) is -0.549. The molecular formula is C14H22N2O3. The van der Waals surface area contributed by atoms with Gasteiger partial charge in [0.15, 0.2) is 6.10 Å². The molecule has 0 aliphatic rings. The molecule has 0 saturated carbocycles. The average molecular weight is 266 g/mol. The van der Waals surface area contributed by atoms with E-state index in [0.29, 0.717) is 12.3 Å². The summed E-state index contributed by atoms with van der Waals surface area (Å²) < 4.78 is 10.7. The summed E-state index contributed by atoms with van der Waals surface area (Å²) in [6.45, 7) is 4.06. The number of carbonyl (C=O) groups excluding carboxylic acids is 1. The third-order valence-corrected chi connectivity index (χ3v) is 3.07. The standard InChI is InChI=1S/C14H22N2O3/c1-10(9-15)16(3)14(17)11(2)19-13-7-5-12(18-4)6-8-13/h5-8,10-11H,9,15H2,1-4H3. The van der Waals surface area contributed by atoms with Crippen LogP contribution in [0.5, 0.6) is 11.5 Å². The number of carbonyl (C=O) groups is 1. The summed E-state index contributed by atoms with van der Waals surface area (Å²) >= 11 is 0. The minimum Gasteiger partial charge on any atom is -0.497 e.